The summed E-state index contributed by atoms with van der Waals surface area (Å²) in [5.74, 6) is -3.05. The molecule has 2 aliphatic rings. The van der Waals surface area contributed by atoms with Crippen molar-refractivity contribution >= 4 is 20.0 Å². The SMILES string of the molecule is [2H][C@@]1(n2cc(CO)c(=S)[nH]c2=O)O[C@](F)(COP2(=O)OCc3cccc(C)c3O2)[C@@H](O)[C@H]1O. The Bertz CT molecular complexity index is 1260. The van der Waals surface area contributed by atoms with Gasteiger partial charge in [-0.1, -0.05) is 30.4 Å². The number of aryl methyl sites for hydroxylation is 1. The molecule has 14 heteroatoms. The van der Waals surface area contributed by atoms with Gasteiger partial charge in [0.25, 0.3) is 5.85 Å². The number of alkyl halides is 1. The van der Waals surface area contributed by atoms with Crippen LogP contribution in [0.25, 0.3) is 0 Å². The zero-order valence-corrected chi connectivity index (χ0v) is 18.3. The minimum absolute atomic E-state index is 0.0170. The number of nitrogens with zero attached hydrogens (tertiary/aromatic N) is 1. The van der Waals surface area contributed by atoms with Gasteiger partial charge < -0.3 is 24.6 Å². The number of hydrogen-bond donors (Lipinski definition) is 4. The molecule has 0 amide bonds. The first-order valence-electron chi connectivity index (χ1n) is 9.81. The molecular weight excluding hydrogens is 470 g/mol. The monoisotopic (exact) mass is 491 g/mol. The van der Waals surface area contributed by atoms with Crippen LogP contribution in [-0.2, 0) is 31.6 Å². The van der Waals surface area contributed by atoms with Crippen molar-refractivity contribution in [2.24, 2.45) is 0 Å². The zero-order chi connectivity index (χ0) is 24.2. The molecule has 32 heavy (non-hydrogen) atoms. The first kappa shape index (κ1) is 21.9. The Labute approximate surface area is 187 Å². The van der Waals surface area contributed by atoms with Gasteiger partial charge in [0.05, 0.1) is 14.6 Å². The van der Waals surface area contributed by atoms with E-state index in [1.54, 1.807) is 25.1 Å². The molecule has 2 aliphatic heterocycles. The van der Waals surface area contributed by atoms with Crippen molar-refractivity contribution in [3.05, 3.63) is 56.2 Å². The third-order valence-electron chi connectivity index (χ3n) is 4.99. The molecule has 0 radical (unpaired) electrons. The predicted molar refractivity (Wildman–Crippen MR) is 108 cm³/mol. The van der Waals surface area contributed by atoms with Crippen LogP contribution < -0.4 is 10.2 Å². The lowest BCUT2D eigenvalue weighted by Gasteiger charge is -2.29. The highest BCUT2D eigenvalue weighted by atomic mass is 32.1. The largest absolute Gasteiger partial charge is 0.530 e. The number of phosphoric acid groups is 1. The van der Waals surface area contributed by atoms with Gasteiger partial charge in [0.1, 0.15) is 29.2 Å². The van der Waals surface area contributed by atoms with E-state index in [9.17, 15) is 24.7 Å². The molecule has 1 aromatic heterocycles. The van der Waals surface area contributed by atoms with E-state index >= 15 is 4.39 Å². The van der Waals surface area contributed by atoms with Crippen LogP contribution in [0.1, 0.15) is 24.3 Å². The molecule has 0 spiro atoms. The molecule has 1 unspecified atom stereocenters. The van der Waals surface area contributed by atoms with Crippen LogP contribution in [0, 0.1) is 11.6 Å². The number of halogens is 1. The first-order valence-corrected chi connectivity index (χ1v) is 11.2. The van der Waals surface area contributed by atoms with Crippen LogP contribution in [-0.4, -0.2) is 49.5 Å². The molecule has 1 fully saturated rings. The van der Waals surface area contributed by atoms with Crippen LogP contribution in [0.2, 0.25) is 0 Å². The summed E-state index contributed by atoms with van der Waals surface area (Å²) in [6.45, 7) is -0.352. The van der Waals surface area contributed by atoms with E-state index in [-0.39, 0.29) is 22.6 Å². The molecule has 3 heterocycles. The lowest BCUT2D eigenvalue weighted by molar-refractivity contribution is -0.205. The molecule has 1 saturated heterocycles. The number of H-pyrrole nitrogens is 1. The standard InChI is InChI=1S/C18H20FN2O9PS/c1-9-3-2-4-10-7-27-31(26,30-13(9)10)28-8-18(19)14(24)12(23)16(29-18)21-5-11(6-22)15(32)20-17(21)25/h2-5,12,14,16,22-24H,6-8H2,1H3,(H,20,25,32)/t12-,14+,16-,18-,31?/m1/s1/i16D. The normalized spacial score (nSPS) is 34.6. The number of aromatic nitrogens is 2. The summed E-state index contributed by atoms with van der Waals surface area (Å²) in [4.78, 5) is 14.5. The van der Waals surface area contributed by atoms with Gasteiger partial charge in [-0.2, -0.15) is 0 Å². The fourth-order valence-electron chi connectivity index (χ4n) is 3.23. The van der Waals surface area contributed by atoms with Crippen molar-refractivity contribution in [1.82, 2.24) is 9.55 Å². The molecular formula is C18H20FN2O9PS. The Balaban J connectivity index is 1.59. The highest BCUT2D eigenvalue weighted by molar-refractivity contribution is 7.71. The molecule has 174 valence electrons. The molecule has 11 nitrogen and oxygen atoms in total. The molecule has 0 bridgehead atoms. The molecule has 4 N–H and O–H groups in total. The van der Waals surface area contributed by atoms with Gasteiger partial charge in [0.15, 0.2) is 6.20 Å². The number of benzene rings is 1. The number of hydrogen-bond acceptors (Lipinski definition) is 10. The summed E-state index contributed by atoms with van der Waals surface area (Å²) >= 11 is 4.87. The second-order valence-electron chi connectivity index (χ2n) is 7.21. The minimum atomic E-state index is -4.35. The van der Waals surface area contributed by atoms with E-state index in [0.29, 0.717) is 15.7 Å². The van der Waals surface area contributed by atoms with Crippen LogP contribution in [0.15, 0.2) is 29.2 Å². The van der Waals surface area contributed by atoms with E-state index in [0.717, 1.165) is 6.20 Å². The van der Waals surface area contributed by atoms with Gasteiger partial charge in [-0.15, -0.1) is 0 Å². The number of nitrogens with one attached hydrogen (secondary N) is 1. The average Bonchev–Trinajstić information content (AvgIpc) is 2.94. The van der Waals surface area contributed by atoms with Crippen molar-refractivity contribution in [1.29, 1.82) is 0 Å². The second kappa shape index (κ2) is 8.43. The van der Waals surface area contributed by atoms with Gasteiger partial charge in [-0.05, 0) is 12.5 Å². The fraction of sp³-hybridized carbons (Fsp3) is 0.444. The number of fused-ring (bicyclic) bond motifs is 1. The van der Waals surface area contributed by atoms with Crippen LogP contribution in [0.3, 0.4) is 0 Å². The highest BCUT2D eigenvalue weighted by Gasteiger charge is 2.57. The summed E-state index contributed by atoms with van der Waals surface area (Å²) in [6, 6.07) is 5.12. The van der Waals surface area contributed by atoms with Gasteiger partial charge in [0.2, 0.25) is 0 Å². The van der Waals surface area contributed by atoms with E-state index in [1.807, 2.05) is 0 Å². The van der Waals surface area contributed by atoms with E-state index in [4.69, 9.17) is 31.9 Å². The lowest BCUT2D eigenvalue weighted by Crippen LogP contribution is -2.43. The predicted octanol–water partition coefficient (Wildman–Crippen LogP) is 1.36. The number of aliphatic hydroxyl groups is 3. The summed E-state index contributed by atoms with van der Waals surface area (Å²) in [7, 11) is -4.35. The second-order valence-corrected chi connectivity index (χ2v) is 9.21. The summed E-state index contributed by atoms with van der Waals surface area (Å²) in [5.41, 5.74) is 0.144. The maximum Gasteiger partial charge on any atom is 0.530 e. The molecule has 1 aromatic carbocycles. The van der Waals surface area contributed by atoms with Gasteiger partial charge in [-0.3, -0.25) is 18.6 Å². The van der Waals surface area contributed by atoms with Crippen molar-refractivity contribution in [3.8, 4) is 5.75 Å². The number of ether oxygens (including phenoxy) is 1. The van der Waals surface area contributed by atoms with Crippen molar-refractivity contribution in [3.63, 3.8) is 0 Å². The van der Waals surface area contributed by atoms with Crippen LogP contribution in [0.4, 0.5) is 4.39 Å². The summed E-state index contributed by atoms with van der Waals surface area (Å²) in [5, 5.41) is 30.0. The molecule has 5 atom stereocenters. The number of rotatable bonds is 5. The highest BCUT2D eigenvalue weighted by Crippen LogP contribution is 2.56. The number of phosphoric ester groups is 1. The molecule has 0 aliphatic carbocycles. The maximum absolute atomic E-state index is 15.5. The Morgan fingerprint density at radius 3 is 2.97 bits per heavy atom. The topological polar surface area (TPSA) is 152 Å². The lowest BCUT2D eigenvalue weighted by atomic mass is 10.1. The zero-order valence-electron chi connectivity index (χ0n) is 17.6. The van der Waals surface area contributed by atoms with E-state index < -0.39 is 51.0 Å². The van der Waals surface area contributed by atoms with Crippen molar-refractivity contribution < 1.29 is 44.0 Å². The summed E-state index contributed by atoms with van der Waals surface area (Å²) < 4.78 is 57.5. The van der Waals surface area contributed by atoms with Crippen molar-refractivity contribution in [2.45, 2.75) is 44.4 Å². The van der Waals surface area contributed by atoms with Gasteiger partial charge in [0, 0.05) is 17.3 Å². The quantitative estimate of drug-likeness (QED) is 0.356. The molecule has 2 aromatic rings. The Hall–Kier alpha value is -1.96. The van der Waals surface area contributed by atoms with E-state index in [1.165, 1.54) is 0 Å². The maximum atomic E-state index is 15.5. The van der Waals surface area contributed by atoms with E-state index in [2.05, 4.69) is 4.98 Å². The third kappa shape index (κ3) is 4.06. The Morgan fingerprint density at radius 1 is 1.50 bits per heavy atom. The number of aromatic amines is 1. The van der Waals surface area contributed by atoms with Crippen LogP contribution >= 0.6 is 20.0 Å². The van der Waals surface area contributed by atoms with Crippen LogP contribution in [0.5, 0.6) is 5.75 Å². The average molecular weight is 491 g/mol. The molecule has 4 rings (SSSR count). The smallest absolute Gasteiger partial charge is 0.403 e. The van der Waals surface area contributed by atoms with Crippen molar-refractivity contribution in [2.75, 3.05) is 6.61 Å². The minimum Gasteiger partial charge on any atom is -0.403 e. The number of aliphatic hydroxyl groups excluding tert-OH is 3. The Morgan fingerprint density at radius 2 is 2.25 bits per heavy atom. The third-order valence-corrected chi connectivity index (χ3v) is 6.65. The molecule has 0 saturated carbocycles. The first-order chi connectivity index (χ1) is 15.4. The number of para-hydroxylation sites is 1. The summed E-state index contributed by atoms with van der Waals surface area (Å²) in [6.07, 6.45) is -6.68. The fourth-order valence-corrected chi connectivity index (χ4v) is 4.73. The Kier molecular flexibility index (Phi) is 5.76. The van der Waals surface area contributed by atoms with Gasteiger partial charge >= 0.3 is 13.5 Å². The van der Waals surface area contributed by atoms with Gasteiger partial charge in [-0.25, -0.2) is 13.8 Å².